The van der Waals surface area contributed by atoms with E-state index in [2.05, 4.69) is 23.2 Å². The number of hydrogen-bond acceptors (Lipinski definition) is 6. The molecule has 0 saturated heterocycles. The van der Waals surface area contributed by atoms with E-state index in [1.165, 1.54) is 32.2 Å². The normalized spacial score (nSPS) is 9.83. The average Bonchev–Trinajstić information content (AvgIpc) is 2.71. The van der Waals surface area contributed by atoms with E-state index >= 15 is 0 Å². The zero-order chi connectivity index (χ0) is 21.0. The number of nitriles is 1. The third-order valence-corrected chi connectivity index (χ3v) is 3.96. The molecule has 29 heavy (non-hydrogen) atoms. The maximum atomic E-state index is 12.0. The Bertz CT molecular complexity index is 1300. The molecule has 1 heterocycles. The monoisotopic (exact) mass is 386 g/mol. The van der Waals surface area contributed by atoms with E-state index in [0.717, 1.165) is 0 Å². The van der Waals surface area contributed by atoms with Crippen LogP contribution in [0, 0.1) is 23.2 Å². The van der Waals surface area contributed by atoms with Gasteiger partial charge >= 0.3 is 11.6 Å². The molecule has 0 aliphatic heterocycles. The summed E-state index contributed by atoms with van der Waals surface area (Å²) in [4.78, 5) is 34.8. The Morgan fingerprint density at radius 1 is 1.07 bits per heavy atom. The molecule has 0 radical (unpaired) electrons. The van der Waals surface area contributed by atoms with Crippen LogP contribution in [-0.4, -0.2) is 19.0 Å². The molecule has 0 bridgehead atoms. The summed E-state index contributed by atoms with van der Waals surface area (Å²) in [5.74, 6) is 4.78. The quantitative estimate of drug-likeness (QED) is 0.412. The standard InChI is InChI=1S/C22H14N2O5/c1-13(25)24-19-7-4-14(9-18(19)22(27)28-2)3-5-15-11-20-16(10-17(15)12-23)6-8-21(26)29-20/h4,6-11H,1-2H3,(H,24,25). The van der Waals surface area contributed by atoms with E-state index in [-0.39, 0.29) is 11.5 Å². The number of carbonyl (C=O) groups excluding carboxylic acids is 2. The van der Waals surface area contributed by atoms with Crippen LogP contribution in [0.1, 0.15) is 34.0 Å². The minimum atomic E-state index is -0.623. The molecule has 3 rings (SSSR count). The van der Waals surface area contributed by atoms with Gasteiger partial charge in [-0.15, -0.1) is 0 Å². The number of rotatable bonds is 2. The highest BCUT2D eigenvalue weighted by Crippen LogP contribution is 2.20. The molecule has 0 spiro atoms. The van der Waals surface area contributed by atoms with Crippen LogP contribution in [0.2, 0.25) is 0 Å². The van der Waals surface area contributed by atoms with Gasteiger partial charge in [0.25, 0.3) is 0 Å². The van der Waals surface area contributed by atoms with Crippen molar-refractivity contribution in [2.75, 3.05) is 12.4 Å². The molecular formula is C22H14N2O5. The van der Waals surface area contributed by atoms with Crippen molar-refractivity contribution < 1.29 is 18.7 Å². The van der Waals surface area contributed by atoms with Crippen molar-refractivity contribution in [3.63, 3.8) is 0 Å². The second-order valence-electron chi connectivity index (χ2n) is 5.98. The molecule has 1 aromatic heterocycles. The summed E-state index contributed by atoms with van der Waals surface area (Å²) in [5.41, 5.74) is 1.44. The molecule has 7 heteroatoms. The van der Waals surface area contributed by atoms with Crippen LogP contribution in [0.25, 0.3) is 11.0 Å². The van der Waals surface area contributed by atoms with Crippen LogP contribution in [0.5, 0.6) is 0 Å². The number of amides is 1. The van der Waals surface area contributed by atoms with E-state index in [1.807, 2.05) is 0 Å². The Hall–Kier alpha value is -4.36. The van der Waals surface area contributed by atoms with Crippen molar-refractivity contribution in [1.82, 2.24) is 0 Å². The molecule has 3 aromatic rings. The Labute approximate surface area is 165 Å². The van der Waals surface area contributed by atoms with Crippen molar-refractivity contribution in [2.24, 2.45) is 0 Å². The number of esters is 1. The number of ether oxygens (including phenoxy) is 1. The smallest absolute Gasteiger partial charge is 0.340 e. The SMILES string of the molecule is COC(=O)c1cc(C#Cc2cc3oc(=O)ccc3cc2C#N)ccc1NC(C)=O. The lowest BCUT2D eigenvalue weighted by molar-refractivity contribution is -0.114. The summed E-state index contributed by atoms with van der Waals surface area (Å²) < 4.78 is 9.89. The Kier molecular flexibility index (Phi) is 5.43. The molecule has 1 amide bonds. The highest BCUT2D eigenvalue weighted by molar-refractivity contribution is 6.01. The summed E-state index contributed by atoms with van der Waals surface area (Å²) in [6.07, 6.45) is 0. The number of fused-ring (bicyclic) bond motifs is 1. The third-order valence-electron chi connectivity index (χ3n) is 3.96. The van der Waals surface area contributed by atoms with Gasteiger partial charge in [-0.2, -0.15) is 5.26 Å². The highest BCUT2D eigenvalue weighted by Gasteiger charge is 2.13. The molecule has 0 aliphatic carbocycles. The van der Waals surface area contributed by atoms with E-state index in [0.29, 0.717) is 33.3 Å². The summed E-state index contributed by atoms with van der Waals surface area (Å²) in [5, 5.41) is 12.6. The van der Waals surface area contributed by atoms with Crippen LogP contribution in [-0.2, 0) is 9.53 Å². The lowest BCUT2D eigenvalue weighted by Crippen LogP contribution is -2.12. The number of hydrogen-bond donors (Lipinski definition) is 1. The van der Waals surface area contributed by atoms with Crippen molar-refractivity contribution in [3.05, 3.63) is 75.1 Å². The third kappa shape index (κ3) is 4.32. The number of nitrogens with one attached hydrogen (secondary N) is 1. The second kappa shape index (κ2) is 8.12. The van der Waals surface area contributed by atoms with Gasteiger partial charge in [-0.25, -0.2) is 9.59 Å². The second-order valence-corrected chi connectivity index (χ2v) is 5.98. The predicted molar refractivity (Wildman–Crippen MR) is 105 cm³/mol. The Morgan fingerprint density at radius 2 is 1.86 bits per heavy atom. The molecule has 2 aromatic carbocycles. The summed E-state index contributed by atoms with van der Waals surface area (Å²) >= 11 is 0. The molecule has 0 aliphatic rings. The molecule has 0 fully saturated rings. The zero-order valence-corrected chi connectivity index (χ0v) is 15.5. The molecule has 1 N–H and O–H groups in total. The molecule has 142 valence electrons. The number of benzene rings is 2. The van der Waals surface area contributed by atoms with Gasteiger partial charge in [0.15, 0.2) is 0 Å². The van der Waals surface area contributed by atoms with Gasteiger partial charge < -0.3 is 14.5 Å². The van der Waals surface area contributed by atoms with Gasteiger partial charge in [-0.05, 0) is 36.4 Å². The van der Waals surface area contributed by atoms with Crippen molar-refractivity contribution in [3.8, 4) is 17.9 Å². The van der Waals surface area contributed by atoms with Crippen molar-refractivity contribution in [2.45, 2.75) is 6.92 Å². The minimum absolute atomic E-state index is 0.152. The van der Waals surface area contributed by atoms with Gasteiger partial charge in [0.1, 0.15) is 11.7 Å². The number of nitrogens with zero attached hydrogens (tertiary/aromatic N) is 1. The number of carbonyl (C=O) groups is 2. The largest absolute Gasteiger partial charge is 0.465 e. The van der Waals surface area contributed by atoms with Crippen LogP contribution in [0.4, 0.5) is 5.69 Å². The lowest BCUT2D eigenvalue weighted by Gasteiger charge is -2.08. The van der Waals surface area contributed by atoms with Crippen LogP contribution in [0.15, 0.2) is 51.7 Å². The highest BCUT2D eigenvalue weighted by atomic mass is 16.5. The van der Waals surface area contributed by atoms with E-state index < -0.39 is 11.6 Å². The summed E-state index contributed by atoms with van der Waals surface area (Å²) in [7, 11) is 1.24. The fraction of sp³-hybridized carbons (Fsp3) is 0.0909. The first-order valence-electron chi connectivity index (χ1n) is 8.41. The van der Waals surface area contributed by atoms with Gasteiger partial charge in [0, 0.05) is 29.5 Å². The van der Waals surface area contributed by atoms with Crippen molar-refractivity contribution in [1.29, 1.82) is 5.26 Å². The fourth-order valence-electron chi connectivity index (χ4n) is 2.65. The molecule has 7 nitrogen and oxygen atoms in total. The number of methoxy groups -OCH3 is 1. The van der Waals surface area contributed by atoms with E-state index in [9.17, 15) is 19.6 Å². The van der Waals surface area contributed by atoms with Gasteiger partial charge in [-0.3, -0.25) is 4.79 Å². The first kappa shape index (κ1) is 19.4. The predicted octanol–water partition coefficient (Wildman–Crippen LogP) is 2.81. The van der Waals surface area contributed by atoms with Crippen LogP contribution >= 0.6 is 0 Å². The minimum Gasteiger partial charge on any atom is -0.465 e. The molecule has 0 saturated carbocycles. The van der Waals surface area contributed by atoms with Gasteiger partial charge in [0.2, 0.25) is 5.91 Å². The maximum Gasteiger partial charge on any atom is 0.340 e. The summed E-state index contributed by atoms with van der Waals surface area (Å²) in [6.45, 7) is 1.33. The van der Waals surface area contributed by atoms with Crippen LogP contribution < -0.4 is 10.9 Å². The summed E-state index contributed by atoms with van der Waals surface area (Å²) in [6, 6.07) is 12.7. The first-order chi connectivity index (χ1) is 13.9. The van der Waals surface area contributed by atoms with Crippen LogP contribution in [0.3, 0.4) is 0 Å². The Morgan fingerprint density at radius 3 is 2.55 bits per heavy atom. The van der Waals surface area contributed by atoms with Gasteiger partial charge in [-0.1, -0.05) is 11.8 Å². The Balaban J connectivity index is 2.07. The zero-order valence-electron chi connectivity index (χ0n) is 15.5. The number of anilines is 1. The van der Waals surface area contributed by atoms with E-state index in [1.54, 1.807) is 24.3 Å². The van der Waals surface area contributed by atoms with E-state index in [4.69, 9.17) is 9.15 Å². The average molecular weight is 386 g/mol. The molecule has 0 atom stereocenters. The lowest BCUT2D eigenvalue weighted by atomic mass is 10.0. The first-order valence-corrected chi connectivity index (χ1v) is 8.41. The van der Waals surface area contributed by atoms with Crippen molar-refractivity contribution >= 4 is 28.5 Å². The maximum absolute atomic E-state index is 12.0. The molecular weight excluding hydrogens is 372 g/mol. The topological polar surface area (TPSA) is 109 Å². The fourth-order valence-corrected chi connectivity index (χ4v) is 2.65. The van der Waals surface area contributed by atoms with Gasteiger partial charge in [0.05, 0.1) is 23.9 Å². The molecule has 0 unspecified atom stereocenters.